The number of halogens is 1. The van der Waals surface area contributed by atoms with Crippen molar-refractivity contribution < 1.29 is 14.0 Å². The van der Waals surface area contributed by atoms with Crippen molar-refractivity contribution in [3.8, 4) is 11.3 Å². The van der Waals surface area contributed by atoms with E-state index >= 15 is 0 Å². The van der Waals surface area contributed by atoms with E-state index in [2.05, 4.69) is 44.7 Å². The molecule has 0 fully saturated rings. The van der Waals surface area contributed by atoms with Crippen molar-refractivity contribution >= 4 is 28.5 Å². The number of benzene rings is 2. The first-order valence-corrected chi connectivity index (χ1v) is 12.0. The van der Waals surface area contributed by atoms with Crippen LogP contribution in [0, 0.1) is 11.7 Å². The molecule has 2 aromatic carbocycles. The molecule has 2 aromatic heterocycles. The van der Waals surface area contributed by atoms with Gasteiger partial charge in [-0.1, -0.05) is 38.1 Å². The third-order valence-corrected chi connectivity index (χ3v) is 6.63. The Morgan fingerprint density at radius 2 is 1.68 bits per heavy atom. The Morgan fingerprint density at radius 1 is 0.919 bits per heavy atom. The Labute approximate surface area is 214 Å². The fourth-order valence-electron chi connectivity index (χ4n) is 4.25. The van der Waals surface area contributed by atoms with Crippen LogP contribution in [0.2, 0.25) is 0 Å². The maximum absolute atomic E-state index is 14.4. The Hall–Kier alpha value is -4.40. The van der Waals surface area contributed by atoms with E-state index in [0.29, 0.717) is 29.2 Å². The molecular formula is C28H29FN6O2. The first-order chi connectivity index (χ1) is 17.8. The largest absolute Gasteiger partial charge is 0.370 e. The first kappa shape index (κ1) is 25.7. The first-order valence-electron chi connectivity index (χ1n) is 12.0. The number of carbonyl (C=O) groups is 2. The lowest BCUT2D eigenvalue weighted by molar-refractivity contribution is 0.0953. The lowest BCUT2D eigenvalue weighted by atomic mass is 9.87. The smallest absolute Gasteiger partial charge is 0.253 e. The molecule has 0 radical (unpaired) electrons. The second kappa shape index (κ2) is 11.1. The summed E-state index contributed by atoms with van der Waals surface area (Å²) in [5.74, 6) is -0.304. The van der Waals surface area contributed by atoms with E-state index in [1.807, 2.05) is 18.2 Å². The molecule has 2 heterocycles. The van der Waals surface area contributed by atoms with Crippen molar-refractivity contribution in [1.29, 1.82) is 0 Å². The van der Waals surface area contributed by atoms with Crippen molar-refractivity contribution in [2.75, 3.05) is 26.0 Å². The van der Waals surface area contributed by atoms with Crippen LogP contribution in [0.1, 0.15) is 46.0 Å². The Balaban J connectivity index is 1.50. The predicted molar refractivity (Wildman–Crippen MR) is 142 cm³/mol. The summed E-state index contributed by atoms with van der Waals surface area (Å²) in [4.78, 5) is 37.2. The van der Waals surface area contributed by atoms with Gasteiger partial charge in [0.1, 0.15) is 18.0 Å². The molecule has 0 aliphatic rings. The monoisotopic (exact) mass is 500 g/mol. The average Bonchev–Trinajstić information content (AvgIpc) is 2.94. The van der Waals surface area contributed by atoms with Gasteiger partial charge in [0.2, 0.25) is 0 Å². The quantitative estimate of drug-likeness (QED) is 0.331. The number of rotatable bonds is 8. The van der Waals surface area contributed by atoms with Gasteiger partial charge >= 0.3 is 0 Å². The van der Waals surface area contributed by atoms with Gasteiger partial charge in [0.25, 0.3) is 11.8 Å². The number of aromatic nitrogens is 3. The highest BCUT2D eigenvalue weighted by atomic mass is 19.1. The van der Waals surface area contributed by atoms with Crippen molar-refractivity contribution in [2.24, 2.45) is 5.92 Å². The van der Waals surface area contributed by atoms with Crippen LogP contribution in [0.5, 0.6) is 0 Å². The van der Waals surface area contributed by atoms with Crippen LogP contribution in [-0.4, -0.2) is 47.4 Å². The molecule has 0 saturated heterocycles. The molecule has 0 bridgehead atoms. The molecule has 0 aliphatic heterocycles. The molecule has 2 amide bonds. The van der Waals surface area contributed by atoms with Gasteiger partial charge in [0.15, 0.2) is 0 Å². The van der Waals surface area contributed by atoms with Gasteiger partial charge in [-0.05, 0) is 35.6 Å². The lowest BCUT2D eigenvalue weighted by Crippen LogP contribution is -2.19. The zero-order valence-corrected chi connectivity index (χ0v) is 21.2. The number of amides is 2. The standard InChI is InChI=1S/C28H29FN6O2/c1-16(17(2)19-6-5-7-20-21(27(36)30-3)10-11-32-26(19)20)14-33-25-13-24(34-15-35-25)18-8-9-22(23(29)12-18)28(37)31-4/h5-13,15-17H,14H2,1-4H3,(H,30,36)(H,31,37)(H,33,34,35)/t16-,17?/m1/s1. The van der Waals surface area contributed by atoms with Crippen LogP contribution >= 0.6 is 0 Å². The number of anilines is 1. The van der Waals surface area contributed by atoms with Crippen LogP contribution in [0.25, 0.3) is 22.2 Å². The van der Waals surface area contributed by atoms with Gasteiger partial charge in [0, 0.05) is 43.9 Å². The van der Waals surface area contributed by atoms with E-state index in [4.69, 9.17) is 0 Å². The minimum absolute atomic E-state index is 0.0214. The highest BCUT2D eigenvalue weighted by Crippen LogP contribution is 2.31. The summed E-state index contributed by atoms with van der Waals surface area (Å²) < 4.78 is 14.4. The molecule has 1 unspecified atom stereocenters. The summed E-state index contributed by atoms with van der Waals surface area (Å²) in [5, 5.41) is 9.28. The molecule has 8 nitrogen and oxygen atoms in total. The number of nitrogens with one attached hydrogen (secondary N) is 3. The van der Waals surface area contributed by atoms with Gasteiger partial charge in [-0.25, -0.2) is 14.4 Å². The van der Waals surface area contributed by atoms with E-state index in [9.17, 15) is 14.0 Å². The molecule has 190 valence electrons. The summed E-state index contributed by atoms with van der Waals surface area (Å²) in [7, 11) is 3.07. The van der Waals surface area contributed by atoms with Crippen molar-refractivity contribution in [3.05, 3.63) is 83.6 Å². The highest BCUT2D eigenvalue weighted by Gasteiger charge is 2.20. The van der Waals surface area contributed by atoms with Gasteiger partial charge in [-0.15, -0.1) is 0 Å². The Kier molecular flexibility index (Phi) is 7.71. The second-order valence-electron chi connectivity index (χ2n) is 8.89. The number of hydrogen-bond donors (Lipinski definition) is 3. The molecule has 37 heavy (non-hydrogen) atoms. The van der Waals surface area contributed by atoms with Gasteiger partial charge in [-0.2, -0.15) is 0 Å². The number of pyridine rings is 1. The third-order valence-electron chi connectivity index (χ3n) is 6.63. The number of para-hydroxylation sites is 1. The fourth-order valence-corrected chi connectivity index (χ4v) is 4.25. The van der Waals surface area contributed by atoms with Crippen LogP contribution in [0.15, 0.2) is 61.1 Å². The summed E-state index contributed by atoms with van der Waals surface area (Å²) in [6, 6.07) is 13.8. The van der Waals surface area contributed by atoms with E-state index in [-0.39, 0.29) is 23.3 Å². The zero-order valence-electron chi connectivity index (χ0n) is 21.2. The highest BCUT2D eigenvalue weighted by molar-refractivity contribution is 6.06. The topological polar surface area (TPSA) is 109 Å². The van der Waals surface area contributed by atoms with Gasteiger partial charge in [0.05, 0.1) is 22.3 Å². The molecule has 3 N–H and O–H groups in total. The van der Waals surface area contributed by atoms with E-state index in [0.717, 1.165) is 16.5 Å². The van der Waals surface area contributed by atoms with Crippen molar-refractivity contribution in [1.82, 2.24) is 25.6 Å². The minimum atomic E-state index is -0.615. The zero-order chi connectivity index (χ0) is 26.5. The minimum Gasteiger partial charge on any atom is -0.370 e. The van der Waals surface area contributed by atoms with Crippen LogP contribution in [0.4, 0.5) is 10.2 Å². The summed E-state index contributed by atoms with van der Waals surface area (Å²) in [5.41, 5.74) is 3.54. The predicted octanol–water partition coefficient (Wildman–Crippen LogP) is 4.40. The summed E-state index contributed by atoms with van der Waals surface area (Å²) >= 11 is 0. The molecule has 2 atom stereocenters. The van der Waals surface area contributed by atoms with Crippen LogP contribution in [-0.2, 0) is 0 Å². The molecule has 0 spiro atoms. The van der Waals surface area contributed by atoms with Gasteiger partial charge in [-0.3, -0.25) is 14.6 Å². The fraction of sp³-hybridized carbons (Fsp3) is 0.250. The van der Waals surface area contributed by atoms with E-state index in [1.165, 1.54) is 25.5 Å². The summed E-state index contributed by atoms with van der Waals surface area (Å²) in [6.07, 6.45) is 3.09. The Bertz CT molecular complexity index is 1460. The molecule has 0 saturated carbocycles. The molecule has 4 aromatic rings. The van der Waals surface area contributed by atoms with E-state index < -0.39 is 11.7 Å². The van der Waals surface area contributed by atoms with E-state index in [1.54, 1.807) is 31.4 Å². The number of fused-ring (bicyclic) bond motifs is 1. The van der Waals surface area contributed by atoms with Gasteiger partial charge < -0.3 is 16.0 Å². The normalized spacial score (nSPS) is 12.6. The average molecular weight is 501 g/mol. The van der Waals surface area contributed by atoms with Crippen molar-refractivity contribution in [2.45, 2.75) is 19.8 Å². The SMILES string of the molecule is CNC(=O)c1ccc(-c2cc(NC[C@@H](C)C(C)c3cccc4c(C(=O)NC)ccnc34)ncn2)cc1F. The molecular weight excluding hydrogens is 471 g/mol. The third kappa shape index (κ3) is 5.40. The van der Waals surface area contributed by atoms with Crippen LogP contribution < -0.4 is 16.0 Å². The van der Waals surface area contributed by atoms with Crippen molar-refractivity contribution in [3.63, 3.8) is 0 Å². The molecule has 0 aliphatic carbocycles. The number of hydrogen-bond acceptors (Lipinski definition) is 6. The molecule has 4 rings (SSSR count). The number of carbonyl (C=O) groups excluding carboxylic acids is 2. The Morgan fingerprint density at radius 3 is 2.41 bits per heavy atom. The van der Waals surface area contributed by atoms with Crippen LogP contribution in [0.3, 0.4) is 0 Å². The summed E-state index contributed by atoms with van der Waals surface area (Å²) in [6.45, 7) is 4.89. The number of nitrogens with zero attached hydrogens (tertiary/aromatic N) is 3. The molecule has 9 heteroatoms. The maximum Gasteiger partial charge on any atom is 0.253 e. The maximum atomic E-state index is 14.4. The lowest BCUT2D eigenvalue weighted by Gasteiger charge is -2.22. The second-order valence-corrected chi connectivity index (χ2v) is 8.89.